The number of likely N-dealkylation sites (tertiary alicyclic amines) is 1. The zero-order valence-electron chi connectivity index (χ0n) is 16.6. The molecule has 1 aliphatic heterocycles. The third-order valence-corrected chi connectivity index (χ3v) is 5.54. The summed E-state index contributed by atoms with van der Waals surface area (Å²) in [5.41, 5.74) is 0.621. The first kappa shape index (κ1) is 21.5. The van der Waals surface area contributed by atoms with Crippen LogP contribution in [0.3, 0.4) is 0 Å². The molecule has 1 aromatic carbocycles. The highest BCUT2D eigenvalue weighted by molar-refractivity contribution is 6.31. The number of carbonyl (C=O) groups excluding carboxylic acids is 1. The number of aliphatic imine (C=N–C) groups is 1. The summed E-state index contributed by atoms with van der Waals surface area (Å²) in [5, 5.41) is 6.56. The minimum atomic E-state index is -0.331. The van der Waals surface area contributed by atoms with Gasteiger partial charge in [0.2, 0.25) is 5.91 Å². The van der Waals surface area contributed by atoms with E-state index in [0.717, 1.165) is 37.5 Å². The Morgan fingerprint density at radius 1 is 1.37 bits per heavy atom. The Kier molecular flexibility index (Phi) is 7.48. The van der Waals surface area contributed by atoms with E-state index in [4.69, 9.17) is 11.6 Å². The molecular formula is C20H30ClFN4O. The molecule has 0 unspecified atom stereocenters. The summed E-state index contributed by atoms with van der Waals surface area (Å²) in [7, 11) is 3.45. The number of guanidine groups is 1. The highest BCUT2D eigenvalue weighted by Gasteiger charge is 2.27. The van der Waals surface area contributed by atoms with Crippen LogP contribution in [0.15, 0.2) is 23.2 Å². The maximum Gasteiger partial charge on any atom is 0.220 e. The lowest BCUT2D eigenvalue weighted by Crippen LogP contribution is -2.48. The fourth-order valence-electron chi connectivity index (χ4n) is 3.48. The quantitative estimate of drug-likeness (QED) is 0.593. The van der Waals surface area contributed by atoms with Gasteiger partial charge < -0.3 is 15.5 Å². The Balaban J connectivity index is 1.93. The number of nitrogens with one attached hydrogen (secondary N) is 2. The van der Waals surface area contributed by atoms with Gasteiger partial charge in [-0.25, -0.2) is 4.39 Å². The Bertz CT molecular complexity index is 685. The Hall–Kier alpha value is -1.82. The number of hydrogen-bond acceptors (Lipinski definition) is 2. The van der Waals surface area contributed by atoms with Crippen LogP contribution in [0.4, 0.5) is 4.39 Å². The van der Waals surface area contributed by atoms with Crippen LogP contribution in [0.1, 0.15) is 38.7 Å². The summed E-state index contributed by atoms with van der Waals surface area (Å²) in [6, 6.07) is 4.53. The average molecular weight is 397 g/mol. The van der Waals surface area contributed by atoms with Gasteiger partial charge in [-0.15, -0.1) is 0 Å². The molecule has 1 amide bonds. The van der Waals surface area contributed by atoms with Crippen molar-refractivity contribution in [2.75, 3.05) is 33.7 Å². The molecule has 1 aromatic rings. The molecule has 1 fully saturated rings. The molecule has 1 aliphatic rings. The number of hydrogen-bond donors (Lipinski definition) is 2. The van der Waals surface area contributed by atoms with Gasteiger partial charge in [0.1, 0.15) is 5.82 Å². The van der Waals surface area contributed by atoms with E-state index in [1.807, 2.05) is 0 Å². The lowest BCUT2D eigenvalue weighted by Gasteiger charge is -2.35. The SMILES string of the molecule is CN=C(NCC(C)(C)c1ccc(F)cc1Cl)N1CCC(CC(=O)NC)CC1. The summed E-state index contributed by atoms with van der Waals surface area (Å²) in [4.78, 5) is 18.2. The van der Waals surface area contributed by atoms with Crippen molar-refractivity contribution in [3.63, 3.8) is 0 Å². The molecule has 0 aliphatic carbocycles. The molecule has 0 atom stereocenters. The van der Waals surface area contributed by atoms with Gasteiger partial charge in [0.15, 0.2) is 5.96 Å². The summed E-state index contributed by atoms with van der Waals surface area (Å²) in [6.07, 6.45) is 2.54. The van der Waals surface area contributed by atoms with Crippen molar-refractivity contribution in [3.05, 3.63) is 34.6 Å². The highest BCUT2D eigenvalue weighted by atomic mass is 35.5. The minimum Gasteiger partial charge on any atom is -0.359 e. The molecule has 0 radical (unpaired) electrons. The van der Waals surface area contributed by atoms with E-state index >= 15 is 0 Å². The molecule has 0 spiro atoms. The number of piperidine rings is 1. The molecule has 0 bridgehead atoms. The molecule has 0 saturated carbocycles. The van der Waals surface area contributed by atoms with Gasteiger partial charge in [0.25, 0.3) is 0 Å². The fraction of sp³-hybridized carbons (Fsp3) is 0.600. The summed E-state index contributed by atoms with van der Waals surface area (Å²) in [6.45, 7) is 6.52. The topological polar surface area (TPSA) is 56.7 Å². The minimum absolute atomic E-state index is 0.105. The maximum absolute atomic E-state index is 13.3. The van der Waals surface area contributed by atoms with Crippen LogP contribution in [0.5, 0.6) is 0 Å². The van der Waals surface area contributed by atoms with Crippen molar-refractivity contribution in [2.45, 2.75) is 38.5 Å². The van der Waals surface area contributed by atoms with E-state index < -0.39 is 0 Å². The van der Waals surface area contributed by atoms with E-state index in [1.165, 1.54) is 12.1 Å². The average Bonchev–Trinajstić information content (AvgIpc) is 2.63. The van der Waals surface area contributed by atoms with E-state index in [0.29, 0.717) is 23.9 Å². The van der Waals surface area contributed by atoms with Crippen LogP contribution in [0.25, 0.3) is 0 Å². The number of rotatable bonds is 5. The predicted octanol–water partition coefficient (Wildman–Crippen LogP) is 3.18. The smallest absolute Gasteiger partial charge is 0.220 e. The van der Waals surface area contributed by atoms with Gasteiger partial charge in [-0.2, -0.15) is 0 Å². The normalized spacial score (nSPS) is 16.4. The lowest BCUT2D eigenvalue weighted by molar-refractivity contribution is -0.121. The standard InChI is InChI=1S/C20H30ClFN4O/c1-20(2,16-6-5-15(22)12-17(16)21)13-25-19(24-4)26-9-7-14(8-10-26)11-18(27)23-3/h5-6,12,14H,7-11,13H2,1-4H3,(H,23,27)(H,24,25). The third kappa shape index (κ3) is 5.83. The van der Waals surface area contributed by atoms with Crippen LogP contribution < -0.4 is 10.6 Å². The van der Waals surface area contributed by atoms with Gasteiger partial charge in [-0.3, -0.25) is 9.79 Å². The molecule has 150 valence electrons. The third-order valence-electron chi connectivity index (χ3n) is 5.23. The van der Waals surface area contributed by atoms with Crippen molar-refractivity contribution in [1.82, 2.24) is 15.5 Å². The van der Waals surface area contributed by atoms with Crippen molar-refractivity contribution >= 4 is 23.5 Å². The second-order valence-corrected chi connectivity index (χ2v) is 8.12. The van der Waals surface area contributed by atoms with Crippen molar-refractivity contribution in [2.24, 2.45) is 10.9 Å². The second-order valence-electron chi connectivity index (χ2n) is 7.72. The maximum atomic E-state index is 13.3. The van der Waals surface area contributed by atoms with Crippen LogP contribution in [0.2, 0.25) is 5.02 Å². The van der Waals surface area contributed by atoms with E-state index in [9.17, 15) is 9.18 Å². The van der Waals surface area contributed by atoms with E-state index in [-0.39, 0.29) is 17.1 Å². The van der Waals surface area contributed by atoms with E-state index in [2.05, 4.69) is 34.4 Å². The summed E-state index contributed by atoms with van der Waals surface area (Å²) < 4.78 is 13.3. The Morgan fingerprint density at radius 2 is 2.04 bits per heavy atom. The van der Waals surface area contributed by atoms with Gasteiger partial charge in [0, 0.05) is 50.6 Å². The molecule has 2 rings (SSSR count). The highest BCUT2D eigenvalue weighted by Crippen LogP contribution is 2.30. The van der Waals surface area contributed by atoms with Crippen LogP contribution >= 0.6 is 11.6 Å². The number of halogens is 2. The van der Waals surface area contributed by atoms with Gasteiger partial charge >= 0.3 is 0 Å². The van der Waals surface area contributed by atoms with Crippen molar-refractivity contribution in [3.8, 4) is 0 Å². The van der Waals surface area contributed by atoms with Crippen molar-refractivity contribution in [1.29, 1.82) is 0 Å². The molecule has 1 saturated heterocycles. The Morgan fingerprint density at radius 3 is 2.59 bits per heavy atom. The Labute approximate surface area is 166 Å². The van der Waals surface area contributed by atoms with Crippen molar-refractivity contribution < 1.29 is 9.18 Å². The van der Waals surface area contributed by atoms with Gasteiger partial charge in [-0.05, 0) is 36.5 Å². The number of nitrogens with zero attached hydrogens (tertiary/aromatic N) is 2. The molecule has 1 heterocycles. The largest absolute Gasteiger partial charge is 0.359 e. The zero-order valence-corrected chi connectivity index (χ0v) is 17.4. The van der Waals surface area contributed by atoms with Crippen LogP contribution in [-0.2, 0) is 10.2 Å². The molecule has 5 nitrogen and oxygen atoms in total. The first-order chi connectivity index (χ1) is 12.8. The fourth-order valence-corrected chi connectivity index (χ4v) is 3.90. The number of benzene rings is 1. The second kappa shape index (κ2) is 9.40. The molecule has 0 aromatic heterocycles. The monoisotopic (exact) mass is 396 g/mol. The number of amides is 1. The summed E-state index contributed by atoms with van der Waals surface area (Å²) in [5.74, 6) is 1.05. The number of carbonyl (C=O) groups is 1. The van der Waals surface area contributed by atoms with Gasteiger partial charge in [-0.1, -0.05) is 31.5 Å². The molecule has 2 N–H and O–H groups in total. The van der Waals surface area contributed by atoms with Gasteiger partial charge in [0.05, 0.1) is 0 Å². The van der Waals surface area contributed by atoms with Crippen LogP contribution in [0, 0.1) is 11.7 Å². The van der Waals surface area contributed by atoms with Crippen LogP contribution in [-0.4, -0.2) is 50.5 Å². The summed E-state index contributed by atoms with van der Waals surface area (Å²) >= 11 is 6.24. The first-order valence-corrected chi connectivity index (χ1v) is 9.76. The zero-order chi connectivity index (χ0) is 20.0. The first-order valence-electron chi connectivity index (χ1n) is 9.38. The predicted molar refractivity (Wildman–Crippen MR) is 109 cm³/mol. The van der Waals surface area contributed by atoms with E-state index in [1.54, 1.807) is 20.2 Å². The molecule has 7 heteroatoms. The molecule has 27 heavy (non-hydrogen) atoms. The lowest BCUT2D eigenvalue weighted by atomic mass is 9.84. The molecular weight excluding hydrogens is 367 g/mol.